The van der Waals surface area contributed by atoms with Crippen molar-refractivity contribution in [3.05, 3.63) is 83.7 Å². The molecule has 2 aromatic carbocycles. The minimum absolute atomic E-state index is 0.0633. The molecule has 0 amide bonds. The summed E-state index contributed by atoms with van der Waals surface area (Å²) in [6.07, 6.45) is 2.53. The quantitative estimate of drug-likeness (QED) is 0.284. The lowest BCUT2D eigenvalue weighted by molar-refractivity contribution is 0.396. The maximum absolute atomic E-state index is 13.2. The zero-order valence-electron chi connectivity index (χ0n) is 21.2. The molecule has 0 radical (unpaired) electrons. The van der Waals surface area contributed by atoms with Gasteiger partial charge in [0.1, 0.15) is 23.1 Å². The number of benzene rings is 2. The molecule has 0 spiro atoms. The number of aryl methyl sites for hydroxylation is 2. The molecule has 2 heterocycles. The average Bonchev–Trinajstić information content (AvgIpc) is 3.53. The molecule has 0 aliphatic rings. The summed E-state index contributed by atoms with van der Waals surface area (Å²) >= 11 is 0. The third-order valence-corrected chi connectivity index (χ3v) is 8.21. The van der Waals surface area contributed by atoms with E-state index < -0.39 is 19.1 Å². The van der Waals surface area contributed by atoms with Crippen molar-refractivity contribution in [2.24, 2.45) is 0 Å². The van der Waals surface area contributed by atoms with Gasteiger partial charge in [-0.05, 0) is 49.2 Å². The molecule has 0 atom stereocenters. The van der Waals surface area contributed by atoms with Gasteiger partial charge in [0.25, 0.3) is 19.1 Å². The van der Waals surface area contributed by atoms with Crippen molar-refractivity contribution in [1.29, 1.82) is 0 Å². The number of imidazole rings is 2. The Hall–Kier alpha value is -3.39. The number of methoxy groups -OCH3 is 2. The van der Waals surface area contributed by atoms with Crippen molar-refractivity contribution in [2.45, 2.75) is 37.0 Å². The number of hydrogen-bond acceptors (Lipinski definition) is 8. The van der Waals surface area contributed by atoms with Gasteiger partial charge in [0.15, 0.2) is 10.1 Å². The van der Waals surface area contributed by atoms with Crippen molar-refractivity contribution < 1.29 is 26.3 Å². The van der Waals surface area contributed by atoms with Crippen molar-refractivity contribution in [3.8, 4) is 11.5 Å². The van der Waals surface area contributed by atoms with Crippen LogP contribution in [0.2, 0.25) is 0 Å². The standard InChI is InChI=1S/C20H23N3O4S.C4H5ClN2O2S/c1-15-21-12-20(22-15)28(24,25)23(13-16-4-8-18(26-2)9-5-16)14-17-6-10-19(27-3)11-7-17;1-3-6-2-4(7-3)10(5,8)9/h4-12H,13-14H2,1-3H3,(H,21,22);2H,1H3,(H,6,7). The third-order valence-electron chi connectivity index (χ3n) is 5.28. The monoisotopic (exact) mass is 581 g/mol. The van der Waals surface area contributed by atoms with Gasteiger partial charge in [-0.2, -0.15) is 4.31 Å². The molecule has 4 rings (SSSR count). The summed E-state index contributed by atoms with van der Waals surface area (Å²) in [7, 11) is 0.776. The molecule has 204 valence electrons. The van der Waals surface area contributed by atoms with Crippen molar-refractivity contribution >= 4 is 29.8 Å². The first kappa shape index (κ1) is 29.2. The highest BCUT2D eigenvalue weighted by Crippen LogP contribution is 2.22. The number of rotatable bonds is 9. The highest BCUT2D eigenvalue weighted by atomic mass is 35.7. The lowest BCUT2D eigenvalue weighted by Crippen LogP contribution is -2.30. The minimum atomic E-state index is -3.76. The van der Waals surface area contributed by atoms with Crippen LogP contribution in [0.5, 0.6) is 11.5 Å². The summed E-state index contributed by atoms with van der Waals surface area (Å²) in [5.41, 5.74) is 1.71. The first-order valence-corrected chi connectivity index (χ1v) is 14.9. The van der Waals surface area contributed by atoms with Gasteiger partial charge in [-0.1, -0.05) is 24.3 Å². The number of aromatic nitrogens is 4. The van der Waals surface area contributed by atoms with E-state index in [-0.39, 0.29) is 23.1 Å². The van der Waals surface area contributed by atoms with Crippen LogP contribution in [0.15, 0.2) is 71.0 Å². The van der Waals surface area contributed by atoms with Gasteiger partial charge in [-0.15, -0.1) is 0 Å². The Morgan fingerprint density at radius 2 is 1.13 bits per heavy atom. The highest BCUT2D eigenvalue weighted by Gasteiger charge is 2.27. The van der Waals surface area contributed by atoms with Gasteiger partial charge in [0.05, 0.1) is 26.6 Å². The summed E-state index contributed by atoms with van der Waals surface area (Å²) in [6.45, 7) is 3.80. The molecule has 2 aromatic heterocycles. The van der Waals surface area contributed by atoms with Crippen molar-refractivity contribution in [1.82, 2.24) is 24.2 Å². The van der Waals surface area contributed by atoms with E-state index in [1.165, 1.54) is 16.7 Å². The number of H-pyrrole nitrogens is 2. The van der Waals surface area contributed by atoms with E-state index in [4.69, 9.17) is 20.2 Å². The Morgan fingerprint density at radius 3 is 1.42 bits per heavy atom. The Balaban J connectivity index is 0.000000336. The molecule has 0 bridgehead atoms. The molecular weight excluding hydrogens is 554 g/mol. The second kappa shape index (κ2) is 12.4. The molecule has 0 saturated carbocycles. The Kier molecular flexibility index (Phi) is 9.55. The molecule has 4 aromatic rings. The molecule has 2 N–H and O–H groups in total. The minimum Gasteiger partial charge on any atom is -0.497 e. The zero-order chi connectivity index (χ0) is 27.9. The maximum atomic E-state index is 13.2. The third kappa shape index (κ3) is 7.81. The van der Waals surface area contributed by atoms with Crippen LogP contribution in [0.1, 0.15) is 22.8 Å². The van der Waals surface area contributed by atoms with E-state index in [2.05, 4.69) is 19.9 Å². The van der Waals surface area contributed by atoms with E-state index in [9.17, 15) is 16.8 Å². The summed E-state index contributed by atoms with van der Waals surface area (Å²) < 4.78 is 59.3. The lowest BCUT2D eigenvalue weighted by atomic mass is 10.2. The lowest BCUT2D eigenvalue weighted by Gasteiger charge is -2.22. The number of nitrogens with zero attached hydrogens (tertiary/aromatic N) is 3. The van der Waals surface area contributed by atoms with E-state index in [0.717, 1.165) is 22.6 Å². The summed E-state index contributed by atoms with van der Waals surface area (Å²) in [6, 6.07) is 14.7. The number of hydrogen-bond donors (Lipinski definition) is 2. The van der Waals surface area contributed by atoms with E-state index in [1.54, 1.807) is 28.1 Å². The number of ether oxygens (including phenoxy) is 2. The predicted molar refractivity (Wildman–Crippen MR) is 142 cm³/mol. The summed E-state index contributed by atoms with van der Waals surface area (Å²) in [4.78, 5) is 13.0. The van der Waals surface area contributed by atoms with Crippen molar-refractivity contribution in [2.75, 3.05) is 14.2 Å². The number of halogens is 1. The molecular formula is C24H28ClN5O6S2. The Labute approximate surface area is 226 Å². The van der Waals surface area contributed by atoms with Crippen molar-refractivity contribution in [3.63, 3.8) is 0 Å². The molecule has 14 heteroatoms. The summed E-state index contributed by atoms with van der Waals surface area (Å²) in [5, 5.41) is 0.0127. The number of sulfonamides is 1. The molecule has 0 fully saturated rings. The van der Waals surface area contributed by atoms with Gasteiger partial charge in [-0.3, -0.25) is 0 Å². The first-order chi connectivity index (χ1) is 17.9. The van der Waals surface area contributed by atoms with Crippen LogP contribution in [0, 0.1) is 13.8 Å². The second-order valence-electron chi connectivity index (χ2n) is 8.07. The number of nitrogens with one attached hydrogen (secondary N) is 2. The second-order valence-corrected chi connectivity index (χ2v) is 12.5. The first-order valence-electron chi connectivity index (χ1n) is 11.2. The predicted octanol–water partition coefficient (Wildman–Crippen LogP) is 3.77. The van der Waals surface area contributed by atoms with Gasteiger partial charge >= 0.3 is 0 Å². The van der Waals surface area contributed by atoms with Crippen LogP contribution < -0.4 is 9.47 Å². The van der Waals surface area contributed by atoms with Crippen LogP contribution in [-0.2, 0) is 32.2 Å². The van der Waals surface area contributed by atoms with E-state index in [0.29, 0.717) is 11.6 Å². The largest absolute Gasteiger partial charge is 0.497 e. The molecule has 0 aliphatic carbocycles. The SMILES string of the molecule is COc1ccc(CN(Cc2ccc(OC)cc2)S(=O)(=O)c2cnc(C)[nH]2)cc1.Cc1ncc(S(=O)(=O)Cl)[nH]1. The van der Waals surface area contributed by atoms with Crippen LogP contribution in [-0.4, -0.2) is 55.3 Å². The Morgan fingerprint density at radius 1 is 0.737 bits per heavy atom. The smallest absolute Gasteiger partial charge is 0.278 e. The van der Waals surface area contributed by atoms with Crippen LogP contribution >= 0.6 is 10.7 Å². The highest BCUT2D eigenvalue weighted by molar-refractivity contribution is 8.13. The van der Waals surface area contributed by atoms with E-state index >= 15 is 0 Å². The molecule has 38 heavy (non-hydrogen) atoms. The molecule has 11 nitrogen and oxygen atoms in total. The molecule has 0 unspecified atom stereocenters. The van der Waals surface area contributed by atoms with E-state index in [1.807, 2.05) is 48.5 Å². The fourth-order valence-electron chi connectivity index (χ4n) is 3.29. The molecule has 0 aliphatic heterocycles. The average molecular weight is 582 g/mol. The fourth-order valence-corrected chi connectivity index (χ4v) is 5.35. The van der Waals surface area contributed by atoms with Crippen LogP contribution in [0.25, 0.3) is 0 Å². The van der Waals surface area contributed by atoms with Crippen LogP contribution in [0.4, 0.5) is 0 Å². The molecule has 0 saturated heterocycles. The number of aromatic amines is 2. The fraction of sp³-hybridized carbons (Fsp3) is 0.250. The van der Waals surface area contributed by atoms with Gasteiger partial charge in [0.2, 0.25) is 0 Å². The van der Waals surface area contributed by atoms with Gasteiger partial charge in [0, 0.05) is 23.8 Å². The topological polar surface area (TPSA) is 147 Å². The Bertz CT molecular complexity index is 1500. The van der Waals surface area contributed by atoms with Crippen LogP contribution in [0.3, 0.4) is 0 Å². The normalized spacial score (nSPS) is 11.6. The summed E-state index contributed by atoms with van der Waals surface area (Å²) in [5.74, 6) is 2.52. The zero-order valence-corrected chi connectivity index (χ0v) is 23.6. The van der Waals surface area contributed by atoms with Gasteiger partial charge < -0.3 is 19.4 Å². The maximum Gasteiger partial charge on any atom is 0.278 e. The van der Waals surface area contributed by atoms with Gasteiger partial charge in [-0.25, -0.2) is 26.8 Å².